The van der Waals surface area contributed by atoms with Crippen LogP contribution in [-0.4, -0.2) is 30.4 Å². The van der Waals surface area contributed by atoms with Gasteiger partial charge >= 0.3 is 5.38 Å². The minimum atomic E-state index is -3.73. The molecular weight excluding hydrogens is 477 g/mol. The van der Waals surface area contributed by atoms with Crippen LogP contribution in [0.5, 0.6) is 0 Å². The number of aryl methyl sites for hydroxylation is 1. The van der Waals surface area contributed by atoms with E-state index in [4.69, 9.17) is 34.8 Å². The maximum atomic E-state index is 13.8. The maximum Gasteiger partial charge on any atom is 0.383 e. The van der Waals surface area contributed by atoms with Crippen LogP contribution in [0.4, 0.5) is 8.78 Å². The third-order valence-corrected chi connectivity index (χ3v) is 6.10. The largest absolute Gasteiger partial charge is 0.383 e. The van der Waals surface area contributed by atoms with E-state index in [1.54, 1.807) is 24.4 Å². The van der Waals surface area contributed by atoms with E-state index in [0.29, 0.717) is 32.8 Å². The molecule has 0 atom stereocenters. The number of fused-ring (bicyclic) bond motifs is 1. The van der Waals surface area contributed by atoms with Crippen molar-refractivity contribution in [3.05, 3.63) is 62.0 Å². The molecule has 1 aliphatic rings. The molecule has 3 aromatic rings. The SMILES string of the molecule is CCn1ncc(/C=C2/Sc3nnc(C(F)(F)Cl)n3N=C2c2ccc(Cl)cc2Cl)c1C. The molecule has 0 unspecified atom stereocenters. The quantitative estimate of drug-likeness (QED) is 0.435. The molecular formula is C18H13Cl3F2N6S. The number of benzene rings is 1. The van der Waals surface area contributed by atoms with Crippen molar-refractivity contribution >= 4 is 58.4 Å². The van der Waals surface area contributed by atoms with E-state index in [1.165, 1.54) is 0 Å². The molecule has 2 aromatic heterocycles. The van der Waals surface area contributed by atoms with Crippen molar-refractivity contribution in [3.63, 3.8) is 0 Å². The number of nitrogens with zero attached hydrogens (tertiary/aromatic N) is 6. The maximum absolute atomic E-state index is 13.8. The molecule has 1 aromatic carbocycles. The lowest BCUT2D eigenvalue weighted by Gasteiger charge is -2.18. The molecule has 12 heteroatoms. The summed E-state index contributed by atoms with van der Waals surface area (Å²) >= 11 is 18.7. The van der Waals surface area contributed by atoms with Crippen LogP contribution < -0.4 is 0 Å². The summed E-state index contributed by atoms with van der Waals surface area (Å²) < 4.78 is 30.3. The average Bonchev–Trinajstić information content (AvgIpc) is 3.24. The summed E-state index contributed by atoms with van der Waals surface area (Å²) in [6, 6.07) is 4.88. The molecule has 30 heavy (non-hydrogen) atoms. The van der Waals surface area contributed by atoms with Gasteiger partial charge in [-0.05, 0) is 61.5 Å². The highest BCUT2D eigenvalue weighted by molar-refractivity contribution is 8.04. The van der Waals surface area contributed by atoms with Gasteiger partial charge in [0, 0.05) is 33.3 Å². The van der Waals surface area contributed by atoms with Crippen LogP contribution in [0.3, 0.4) is 0 Å². The summed E-state index contributed by atoms with van der Waals surface area (Å²) in [5.74, 6) is -0.775. The van der Waals surface area contributed by atoms with Gasteiger partial charge in [-0.25, -0.2) is 0 Å². The molecule has 0 saturated heterocycles. The minimum Gasteiger partial charge on any atom is -0.270 e. The zero-order valence-corrected chi connectivity index (χ0v) is 18.7. The first-order valence-electron chi connectivity index (χ1n) is 8.68. The molecule has 1 aliphatic heterocycles. The fraction of sp³-hybridized carbons (Fsp3) is 0.222. The summed E-state index contributed by atoms with van der Waals surface area (Å²) in [6.07, 6.45) is 3.59. The molecule has 0 amide bonds. The van der Waals surface area contributed by atoms with E-state index in [2.05, 4.69) is 20.4 Å². The highest BCUT2D eigenvalue weighted by atomic mass is 35.5. The van der Waals surface area contributed by atoms with Crippen molar-refractivity contribution in [2.24, 2.45) is 5.10 Å². The second kappa shape index (κ2) is 7.96. The summed E-state index contributed by atoms with van der Waals surface area (Å²) in [4.78, 5) is 0.641. The van der Waals surface area contributed by atoms with Gasteiger partial charge in [-0.3, -0.25) is 4.68 Å². The van der Waals surface area contributed by atoms with Crippen LogP contribution in [0, 0.1) is 6.92 Å². The molecule has 0 spiro atoms. The van der Waals surface area contributed by atoms with E-state index in [0.717, 1.165) is 27.7 Å². The van der Waals surface area contributed by atoms with Gasteiger partial charge in [-0.15, -0.1) is 10.2 Å². The van der Waals surface area contributed by atoms with E-state index < -0.39 is 11.2 Å². The van der Waals surface area contributed by atoms with Crippen molar-refractivity contribution < 1.29 is 8.78 Å². The van der Waals surface area contributed by atoms with E-state index in [1.807, 2.05) is 24.6 Å². The highest BCUT2D eigenvalue weighted by Gasteiger charge is 2.38. The van der Waals surface area contributed by atoms with Crippen molar-refractivity contribution in [3.8, 4) is 0 Å². The Balaban J connectivity index is 1.92. The molecule has 0 N–H and O–H groups in total. The fourth-order valence-electron chi connectivity index (χ4n) is 2.92. The average molecular weight is 490 g/mol. The van der Waals surface area contributed by atoms with Gasteiger partial charge in [0.2, 0.25) is 11.0 Å². The summed E-state index contributed by atoms with van der Waals surface area (Å²) in [5.41, 5.74) is 2.68. The molecule has 0 aliphatic carbocycles. The zero-order chi connectivity index (χ0) is 21.6. The Kier molecular flexibility index (Phi) is 5.65. The third-order valence-electron chi connectivity index (χ3n) is 4.41. The van der Waals surface area contributed by atoms with Gasteiger partial charge in [-0.1, -0.05) is 23.2 Å². The van der Waals surface area contributed by atoms with Crippen molar-refractivity contribution in [2.45, 2.75) is 30.9 Å². The summed E-state index contributed by atoms with van der Waals surface area (Å²) in [7, 11) is 0. The number of alkyl halides is 3. The lowest BCUT2D eigenvalue weighted by Crippen LogP contribution is -2.17. The van der Waals surface area contributed by atoms with Crippen LogP contribution in [0.1, 0.15) is 29.6 Å². The van der Waals surface area contributed by atoms with Crippen LogP contribution in [0.25, 0.3) is 6.08 Å². The first-order chi connectivity index (χ1) is 14.2. The van der Waals surface area contributed by atoms with Gasteiger partial charge in [0.15, 0.2) is 0 Å². The van der Waals surface area contributed by atoms with E-state index in [-0.39, 0.29) is 5.16 Å². The Morgan fingerprint density at radius 1 is 1.23 bits per heavy atom. The van der Waals surface area contributed by atoms with Gasteiger partial charge < -0.3 is 0 Å². The first-order valence-corrected chi connectivity index (χ1v) is 10.6. The van der Waals surface area contributed by atoms with Crippen LogP contribution in [-0.2, 0) is 11.9 Å². The van der Waals surface area contributed by atoms with Gasteiger partial charge in [0.05, 0.1) is 11.2 Å². The lowest BCUT2D eigenvalue weighted by molar-refractivity contribution is 0.0799. The Morgan fingerprint density at radius 3 is 2.63 bits per heavy atom. The molecule has 0 fully saturated rings. The molecule has 0 bridgehead atoms. The molecule has 3 heterocycles. The molecule has 0 saturated carbocycles. The van der Waals surface area contributed by atoms with Gasteiger partial charge in [0.25, 0.3) is 0 Å². The smallest absolute Gasteiger partial charge is 0.270 e. The number of halogens is 5. The van der Waals surface area contributed by atoms with Crippen LogP contribution in [0.2, 0.25) is 10.0 Å². The summed E-state index contributed by atoms with van der Waals surface area (Å²) in [5, 5.41) is 13.2. The van der Waals surface area contributed by atoms with Gasteiger partial charge in [-0.2, -0.15) is 23.7 Å². The number of thioether (sulfide) groups is 1. The molecule has 156 valence electrons. The minimum absolute atomic E-state index is 0.158. The predicted molar refractivity (Wildman–Crippen MR) is 115 cm³/mol. The Bertz CT molecular complexity index is 1200. The number of hydrogen-bond acceptors (Lipinski definition) is 5. The fourth-order valence-corrected chi connectivity index (χ4v) is 4.46. The molecule has 6 nitrogen and oxygen atoms in total. The zero-order valence-electron chi connectivity index (χ0n) is 15.6. The highest BCUT2D eigenvalue weighted by Crippen LogP contribution is 2.40. The lowest BCUT2D eigenvalue weighted by atomic mass is 10.1. The van der Waals surface area contributed by atoms with Crippen molar-refractivity contribution in [1.82, 2.24) is 24.7 Å². The number of hydrogen-bond donors (Lipinski definition) is 0. The Labute approximate surface area is 189 Å². The van der Waals surface area contributed by atoms with Crippen LogP contribution >= 0.6 is 46.6 Å². The van der Waals surface area contributed by atoms with Crippen molar-refractivity contribution in [1.29, 1.82) is 0 Å². The number of allylic oxidation sites excluding steroid dienone is 1. The van der Waals surface area contributed by atoms with E-state index >= 15 is 0 Å². The third kappa shape index (κ3) is 3.87. The Hall–Kier alpha value is -1.94. The first kappa shape index (κ1) is 21.3. The molecule has 4 rings (SSSR count). The van der Waals surface area contributed by atoms with Gasteiger partial charge in [0.1, 0.15) is 5.71 Å². The number of aromatic nitrogens is 5. The van der Waals surface area contributed by atoms with Crippen molar-refractivity contribution in [2.75, 3.05) is 0 Å². The second-order valence-corrected chi connectivity index (χ2v) is 8.63. The number of rotatable bonds is 4. The normalized spacial score (nSPS) is 15.4. The Morgan fingerprint density at radius 2 is 2.00 bits per heavy atom. The standard InChI is InChI=1S/C18H13Cl3F2N6S/c1-3-28-9(2)10(8-24-28)6-14-15(12-5-4-11(19)7-13(12)20)27-29-16(18(21,22)23)25-26-17(29)30-14/h4-8H,3H2,1-2H3/b14-6+. The summed E-state index contributed by atoms with van der Waals surface area (Å²) in [6.45, 7) is 4.65. The molecule has 0 radical (unpaired) electrons. The monoisotopic (exact) mass is 488 g/mol. The van der Waals surface area contributed by atoms with E-state index in [9.17, 15) is 8.78 Å². The van der Waals surface area contributed by atoms with Crippen LogP contribution in [0.15, 0.2) is 39.6 Å². The predicted octanol–water partition coefficient (Wildman–Crippen LogP) is 5.80. The topological polar surface area (TPSA) is 60.9 Å². The second-order valence-electron chi connectivity index (χ2n) is 6.30.